The summed E-state index contributed by atoms with van der Waals surface area (Å²) in [4.78, 5) is 5.58. The molecule has 0 spiro atoms. The number of morpholine rings is 1. The Morgan fingerprint density at radius 3 is 3.11 bits per heavy atom. The minimum atomic E-state index is 0.214. The van der Waals surface area contributed by atoms with E-state index in [1.807, 2.05) is 0 Å². The van der Waals surface area contributed by atoms with Crippen LogP contribution in [-0.2, 0) is 11.3 Å². The van der Waals surface area contributed by atoms with E-state index >= 15 is 0 Å². The van der Waals surface area contributed by atoms with Gasteiger partial charge in [0.25, 0.3) is 0 Å². The number of hydrogen-bond donors (Lipinski definition) is 1. The molecule has 3 rings (SSSR count). The van der Waals surface area contributed by atoms with E-state index in [2.05, 4.69) is 46.6 Å². The molecule has 1 N–H and O–H groups in total. The van der Waals surface area contributed by atoms with Crippen LogP contribution in [0.4, 0.5) is 0 Å². The molecule has 1 aromatic carbocycles. The second-order valence-corrected chi connectivity index (χ2v) is 5.70. The number of ether oxygens (including phenoxy) is 1. The average Bonchev–Trinajstić information content (AvgIpc) is 2.65. The fourth-order valence-electron chi connectivity index (χ4n) is 2.64. The normalized spacial score (nSPS) is 21.1. The maximum atomic E-state index is 5.83. The first-order chi connectivity index (χ1) is 9.13. The highest BCUT2D eigenvalue weighted by atomic mass is 32.1. The third-order valence-electron chi connectivity index (χ3n) is 3.66. The Balaban J connectivity index is 1.92. The van der Waals surface area contributed by atoms with Crippen molar-refractivity contribution in [2.24, 2.45) is 0 Å². The van der Waals surface area contributed by atoms with Gasteiger partial charge in [-0.3, -0.25) is 0 Å². The fraction of sp³-hybridized carbons (Fsp3) is 0.500. The van der Waals surface area contributed by atoms with E-state index in [1.165, 1.54) is 5.56 Å². The molecule has 2 heterocycles. The van der Waals surface area contributed by atoms with Gasteiger partial charge in [-0.2, -0.15) is 0 Å². The number of aromatic nitrogens is 2. The third-order valence-corrected chi connectivity index (χ3v) is 3.98. The summed E-state index contributed by atoms with van der Waals surface area (Å²) >= 11 is 5.43. The van der Waals surface area contributed by atoms with E-state index in [1.54, 1.807) is 0 Å². The number of nitrogens with one attached hydrogen (secondary N) is 1. The van der Waals surface area contributed by atoms with Gasteiger partial charge in [-0.05, 0) is 43.9 Å². The van der Waals surface area contributed by atoms with Crippen LogP contribution >= 0.6 is 12.2 Å². The van der Waals surface area contributed by atoms with Gasteiger partial charge in [-0.25, -0.2) is 0 Å². The predicted molar refractivity (Wildman–Crippen MR) is 79.1 cm³/mol. The zero-order valence-corrected chi connectivity index (χ0v) is 12.2. The first-order valence-corrected chi connectivity index (χ1v) is 7.03. The molecule has 4 nitrogen and oxygen atoms in total. The van der Waals surface area contributed by atoms with Crippen LogP contribution in [0, 0.1) is 11.7 Å². The Morgan fingerprint density at radius 1 is 1.47 bits per heavy atom. The summed E-state index contributed by atoms with van der Waals surface area (Å²) in [5, 5.41) is 0. The topological polar surface area (TPSA) is 33.2 Å². The lowest BCUT2D eigenvalue weighted by molar-refractivity contribution is -0.0271. The van der Waals surface area contributed by atoms with Gasteiger partial charge in [0.1, 0.15) is 0 Å². The molecular formula is C14H19N3OS. The summed E-state index contributed by atoms with van der Waals surface area (Å²) in [6, 6.07) is 6.38. The van der Waals surface area contributed by atoms with Crippen molar-refractivity contribution in [2.45, 2.75) is 19.6 Å². The van der Waals surface area contributed by atoms with Crippen molar-refractivity contribution in [1.29, 1.82) is 0 Å². The number of likely N-dealkylation sites (N-methyl/N-ethyl adjacent to an activating group) is 1. The summed E-state index contributed by atoms with van der Waals surface area (Å²) < 4.78 is 8.75. The molecule has 1 aliphatic rings. The predicted octanol–water partition coefficient (Wildman–Crippen LogP) is 2.34. The molecule has 102 valence electrons. The molecule has 0 radical (unpaired) electrons. The van der Waals surface area contributed by atoms with Crippen LogP contribution in [-0.4, -0.2) is 47.3 Å². The number of hydrogen-bond acceptors (Lipinski definition) is 3. The number of aromatic amines is 1. The van der Waals surface area contributed by atoms with Crippen LogP contribution in [0.1, 0.15) is 5.56 Å². The van der Waals surface area contributed by atoms with Crippen molar-refractivity contribution in [3.63, 3.8) is 0 Å². The van der Waals surface area contributed by atoms with Crippen molar-refractivity contribution in [2.75, 3.05) is 26.7 Å². The van der Waals surface area contributed by atoms with E-state index in [9.17, 15) is 0 Å². The molecule has 2 aromatic rings. The zero-order valence-electron chi connectivity index (χ0n) is 11.3. The number of benzene rings is 1. The molecule has 0 saturated carbocycles. The van der Waals surface area contributed by atoms with Gasteiger partial charge < -0.3 is 19.2 Å². The number of fused-ring (bicyclic) bond motifs is 1. The molecule has 0 amide bonds. The van der Waals surface area contributed by atoms with Gasteiger partial charge in [0.05, 0.1) is 30.3 Å². The van der Waals surface area contributed by atoms with Crippen molar-refractivity contribution >= 4 is 23.3 Å². The van der Waals surface area contributed by atoms with Crippen molar-refractivity contribution in [3.05, 3.63) is 28.5 Å². The summed E-state index contributed by atoms with van der Waals surface area (Å²) in [6.45, 7) is 5.67. The standard InChI is InChI=1S/C14H19N3OS/c1-10-3-4-13-12(7-10)15-14(19)17(13)9-11-8-16(2)5-6-18-11/h3-4,7,11H,5-6,8-9H2,1-2H3,(H,15,19). The number of nitrogens with zero attached hydrogens (tertiary/aromatic N) is 2. The van der Waals surface area contributed by atoms with Crippen LogP contribution in [0.25, 0.3) is 11.0 Å². The SMILES string of the molecule is Cc1ccc2c(c1)[nH]c(=S)n2CC1CN(C)CCO1. The Bertz CT molecular complexity index is 646. The lowest BCUT2D eigenvalue weighted by atomic mass is 10.2. The second kappa shape index (κ2) is 5.07. The van der Waals surface area contributed by atoms with Crippen molar-refractivity contribution in [3.8, 4) is 0 Å². The third kappa shape index (κ3) is 2.59. The first-order valence-electron chi connectivity index (χ1n) is 6.63. The number of rotatable bonds is 2. The minimum Gasteiger partial charge on any atom is -0.374 e. The first kappa shape index (κ1) is 12.8. The zero-order chi connectivity index (χ0) is 13.4. The van der Waals surface area contributed by atoms with Crippen LogP contribution < -0.4 is 0 Å². The monoisotopic (exact) mass is 277 g/mol. The van der Waals surface area contributed by atoms with E-state index in [0.29, 0.717) is 0 Å². The number of H-pyrrole nitrogens is 1. The highest BCUT2D eigenvalue weighted by Crippen LogP contribution is 2.17. The second-order valence-electron chi connectivity index (χ2n) is 5.32. The van der Waals surface area contributed by atoms with Gasteiger partial charge >= 0.3 is 0 Å². The fourth-order valence-corrected chi connectivity index (χ4v) is 2.92. The highest BCUT2D eigenvalue weighted by Gasteiger charge is 2.19. The molecule has 0 aliphatic carbocycles. The van der Waals surface area contributed by atoms with Gasteiger partial charge in [-0.15, -0.1) is 0 Å². The molecule has 0 bridgehead atoms. The summed E-state index contributed by atoms with van der Waals surface area (Å²) in [6.07, 6.45) is 0.214. The molecule has 1 aliphatic heterocycles. The number of aryl methyl sites for hydroxylation is 1. The Hall–Kier alpha value is -1.17. The summed E-state index contributed by atoms with van der Waals surface area (Å²) in [5.41, 5.74) is 3.51. The largest absolute Gasteiger partial charge is 0.374 e. The molecule has 1 aromatic heterocycles. The molecule has 1 atom stereocenters. The van der Waals surface area contributed by atoms with Crippen LogP contribution in [0.5, 0.6) is 0 Å². The van der Waals surface area contributed by atoms with Crippen molar-refractivity contribution in [1.82, 2.24) is 14.5 Å². The Morgan fingerprint density at radius 2 is 2.32 bits per heavy atom. The van der Waals surface area contributed by atoms with Crippen LogP contribution in [0.15, 0.2) is 18.2 Å². The lowest BCUT2D eigenvalue weighted by Gasteiger charge is -2.30. The van der Waals surface area contributed by atoms with E-state index < -0.39 is 0 Å². The van der Waals surface area contributed by atoms with Gasteiger partial charge in [-0.1, -0.05) is 6.07 Å². The number of imidazole rings is 1. The van der Waals surface area contributed by atoms with Gasteiger partial charge in [0.2, 0.25) is 0 Å². The summed E-state index contributed by atoms with van der Waals surface area (Å²) in [5.74, 6) is 0. The summed E-state index contributed by atoms with van der Waals surface area (Å²) in [7, 11) is 2.13. The van der Waals surface area contributed by atoms with Crippen LogP contribution in [0.3, 0.4) is 0 Å². The van der Waals surface area contributed by atoms with Crippen LogP contribution in [0.2, 0.25) is 0 Å². The molecule has 1 fully saturated rings. The minimum absolute atomic E-state index is 0.214. The van der Waals surface area contributed by atoms with Gasteiger partial charge in [0.15, 0.2) is 4.77 Å². The molecule has 5 heteroatoms. The van der Waals surface area contributed by atoms with E-state index in [0.717, 1.165) is 42.0 Å². The Labute approximate surface area is 118 Å². The molecule has 1 unspecified atom stereocenters. The maximum absolute atomic E-state index is 5.83. The lowest BCUT2D eigenvalue weighted by Crippen LogP contribution is -2.41. The van der Waals surface area contributed by atoms with E-state index in [-0.39, 0.29) is 6.10 Å². The quantitative estimate of drug-likeness (QED) is 0.855. The van der Waals surface area contributed by atoms with Gasteiger partial charge in [0, 0.05) is 13.1 Å². The Kier molecular flexibility index (Phi) is 3.43. The molecule has 19 heavy (non-hydrogen) atoms. The molecule has 1 saturated heterocycles. The van der Waals surface area contributed by atoms with Crippen molar-refractivity contribution < 1.29 is 4.74 Å². The van der Waals surface area contributed by atoms with E-state index in [4.69, 9.17) is 17.0 Å². The molecular weight excluding hydrogens is 258 g/mol. The smallest absolute Gasteiger partial charge is 0.178 e. The maximum Gasteiger partial charge on any atom is 0.178 e. The highest BCUT2D eigenvalue weighted by molar-refractivity contribution is 7.71. The average molecular weight is 277 g/mol.